The molecule has 0 aliphatic rings. The van der Waals surface area contributed by atoms with Gasteiger partial charge in [0, 0.05) is 26.3 Å². The van der Waals surface area contributed by atoms with E-state index in [1.54, 1.807) is 0 Å². The molecule has 0 saturated heterocycles. The van der Waals surface area contributed by atoms with Crippen LogP contribution in [0.1, 0.15) is 47.0 Å². The van der Waals surface area contributed by atoms with Gasteiger partial charge in [-0.05, 0) is 25.2 Å². The molecule has 0 aliphatic carbocycles. The summed E-state index contributed by atoms with van der Waals surface area (Å²) >= 11 is 0. The Bertz CT molecular complexity index is 315. The van der Waals surface area contributed by atoms with Crippen molar-refractivity contribution in [2.24, 2.45) is 11.3 Å². The van der Waals surface area contributed by atoms with Crippen LogP contribution in [-0.2, 0) is 9.53 Å². The van der Waals surface area contributed by atoms with E-state index in [0.29, 0.717) is 31.9 Å². The molecule has 0 rings (SSSR count). The van der Waals surface area contributed by atoms with Gasteiger partial charge in [0.1, 0.15) is 0 Å². The summed E-state index contributed by atoms with van der Waals surface area (Å²) in [5.41, 5.74) is -0.877. The number of carbonyl (C=O) groups is 2. The Kier molecular flexibility index (Phi) is 9.78. The van der Waals surface area contributed by atoms with Crippen molar-refractivity contribution in [1.82, 2.24) is 10.6 Å². The van der Waals surface area contributed by atoms with Gasteiger partial charge in [0.05, 0.1) is 5.41 Å². The quantitative estimate of drug-likeness (QED) is 0.511. The van der Waals surface area contributed by atoms with Gasteiger partial charge in [0.15, 0.2) is 0 Å². The second kappa shape index (κ2) is 10.4. The number of rotatable bonds is 11. The van der Waals surface area contributed by atoms with Crippen molar-refractivity contribution >= 4 is 12.0 Å². The molecule has 0 heterocycles. The topological polar surface area (TPSA) is 87.7 Å². The number of carboxylic acid groups (broad SMARTS) is 1. The molecule has 0 aliphatic heterocycles. The molecule has 124 valence electrons. The van der Waals surface area contributed by atoms with Gasteiger partial charge in [-0.3, -0.25) is 4.79 Å². The first-order chi connectivity index (χ1) is 9.88. The van der Waals surface area contributed by atoms with E-state index in [4.69, 9.17) is 4.74 Å². The van der Waals surface area contributed by atoms with Gasteiger partial charge < -0.3 is 20.5 Å². The highest BCUT2D eigenvalue weighted by molar-refractivity contribution is 5.78. The Morgan fingerprint density at radius 1 is 1.19 bits per heavy atom. The molecule has 0 aromatic carbocycles. The fourth-order valence-corrected chi connectivity index (χ4v) is 1.89. The number of hydrogen-bond donors (Lipinski definition) is 3. The molecule has 0 atom stereocenters. The zero-order valence-electron chi connectivity index (χ0n) is 13.7. The van der Waals surface area contributed by atoms with Crippen LogP contribution in [0, 0.1) is 11.3 Å². The maximum absolute atomic E-state index is 11.6. The molecule has 0 bridgehead atoms. The molecule has 0 spiro atoms. The van der Waals surface area contributed by atoms with Crippen LogP contribution in [0.2, 0.25) is 0 Å². The molecule has 3 N–H and O–H groups in total. The minimum atomic E-state index is -0.877. The Morgan fingerprint density at radius 3 is 2.29 bits per heavy atom. The number of carbonyl (C=O) groups excluding carboxylic acids is 1. The highest BCUT2D eigenvalue weighted by Gasteiger charge is 2.35. The lowest BCUT2D eigenvalue weighted by molar-refractivity contribution is -0.149. The van der Waals surface area contributed by atoms with Crippen molar-refractivity contribution in [1.29, 1.82) is 0 Å². The van der Waals surface area contributed by atoms with Crippen LogP contribution < -0.4 is 10.6 Å². The third kappa shape index (κ3) is 7.90. The molecule has 0 unspecified atom stereocenters. The molecule has 0 radical (unpaired) electrons. The Morgan fingerprint density at radius 2 is 1.81 bits per heavy atom. The first-order valence-corrected chi connectivity index (χ1v) is 7.70. The van der Waals surface area contributed by atoms with Crippen LogP contribution in [0.3, 0.4) is 0 Å². The van der Waals surface area contributed by atoms with Crippen molar-refractivity contribution in [3.05, 3.63) is 0 Å². The second-order valence-corrected chi connectivity index (χ2v) is 5.72. The Labute approximate surface area is 127 Å². The van der Waals surface area contributed by atoms with E-state index in [1.807, 2.05) is 13.8 Å². The number of hydrogen-bond acceptors (Lipinski definition) is 3. The van der Waals surface area contributed by atoms with E-state index in [2.05, 4.69) is 24.5 Å². The van der Waals surface area contributed by atoms with Crippen molar-refractivity contribution in [2.75, 3.05) is 26.3 Å². The van der Waals surface area contributed by atoms with Crippen molar-refractivity contribution in [2.45, 2.75) is 47.0 Å². The van der Waals surface area contributed by atoms with Gasteiger partial charge in [-0.15, -0.1) is 0 Å². The van der Waals surface area contributed by atoms with Crippen LogP contribution in [0.25, 0.3) is 0 Å². The largest absolute Gasteiger partial charge is 0.481 e. The molecule has 0 fully saturated rings. The summed E-state index contributed by atoms with van der Waals surface area (Å²) in [6.07, 6.45) is 1.72. The minimum Gasteiger partial charge on any atom is -0.481 e. The monoisotopic (exact) mass is 302 g/mol. The summed E-state index contributed by atoms with van der Waals surface area (Å²) in [5.74, 6) is -0.358. The first-order valence-electron chi connectivity index (χ1n) is 7.70. The molecule has 6 heteroatoms. The third-order valence-corrected chi connectivity index (χ3v) is 3.60. The summed E-state index contributed by atoms with van der Waals surface area (Å²) in [6, 6.07) is -0.327. The van der Waals surface area contributed by atoms with Gasteiger partial charge in [-0.25, -0.2) is 4.79 Å². The maximum Gasteiger partial charge on any atom is 0.314 e. The van der Waals surface area contributed by atoms with Crippen molar-refractivity contribution in [3.63, 3.8) is 0 Å². The normalized spacial score (nSPS) is 11.5. The van der Waals surface area contributed by atoms with E-state index < -0.39 is 11.4 Å². The first kappa shape index (κ1) is 19.7. The number of nitrogens with one attached hydrogen (secondary N) is 2. The summed E-state index contributed by atoms with van der Waals surface area (Å²) in [6.45, 7) is 9.81. The minimum absolute atomic E-state index is 0.144. The lowest BCUT2D eigenvalue weighted by Crippen LogP contribution is -2.46. The molecule has 21 heavy (non-hydrogen) atoms. The third-order valence-electron chi connectivity index (χ3n) is 3.60. The molecule has 0 aromatic heterocycles. The SMILES string of the molecule is CCC(CC)(CNC(=O)NCCCOCC(C)C)C(=O)O. The lowest BCUT2D eigenvalue weighted by atomic mass is 9.82. The predicted octanol–water partition coefficient (Wildman–Crippen LogP) is 2.24. The second-order valence-electron chi connectivity index (χ2n) is 5.72. The Hall–Kier alpha value is -1.30. The molecule has 0 saturated carbocycles. The van der Waals surface area contributed by atoms with Crippen LogP contribution >= 0.6 is 0 Å². The number of urea groups is 1. The van der Waals surface area contributed by atoms with Crippen LogP contribution in [0.15, 0.2) is 0 Å². The lowest BCUT2D eigenvalue weighted by Gasteiger charge is -2.26. The number of aliphatic carboxylic acids is 1. The highest BCUT2D eigenvalue weighted by atomic mass is 16.5. The number of amides is 2. The molecule has 2 amide bonds. The van der Waals surface area contributed by atoms with Gasteiger partial charge in [-0.2, -0.15) is 0 Å². The average Bonchev–Trinajstić information content (AvgIpc) is 2.43. The highest BCUT2D eigenvalue weighted by Crippen LogP contribution is 2.25. The van der Waals surface area contributed by atoms with Gasteiger partial charge in [-0.1, -0.05) is 27.7 Å². The predicted molar refractivity (Wildman–Crippen MR) is 82.3 cm³/mol. The van der Waals surface area contributed by atoms with Crippen LogP contribution in [0.5, 0.6) is 0 Å². The number of carboxylic acids is 1. The average molecular weight is 302 g/mol. The van der Waals surface area contributed by atoms with Crippen LogP contribution in [-0.4, -0.2) is 43.4 Å². The van der Waals surface area contributed by atoms with E-state index in [1.165, 1.54) is 0 Å². The molecule has 6 nitrogen and oxygen atoms in total. The van der Waals surface area contributed by atoms with Gasteiger partial charge in [0.2, 0.25) is 0 Å². The molecule has 0 aromatic rings. The smallest absolute Gasteiger partial charge is 0.314 e. The maximum atomic E-state index is 11.6. The van der Waals surface area contributed by atoms with E-state index in [0.717, 1.165) is 13.0 Å². The van der Waals surface area contributed by atoms with Gasteiger partial charge in [0.25, 0.3) is 0 Å². The Balaban J connectivity index is 3.87. The summed E-state index contributed by atoms with van der Waals surface area (Å²) < 4.78 is 5.41. The van der Waals surface area contributed by atoms with E-state index >= 15 is 0 Å². The molecular formula is C15H30N2O4. The van der Waals surface area contributed by atoms with Crippen LogP contribution in [0.4, 0.5) is 4.79 Å². The fourth-order valence-electron chi connectivity index (χ4n) is 1.89. The zero-order chi connectivity index (χ0) is 16.3. The number of ether oxygens (including phenoxy) is 1. The summed E-state index contributed by atoms with van der Waals surface area (Å²) in [4.78, 5) is 22.9. The molecular weight excluding hydrogens is 272 g/mol. The van der Waals surface area contributed by atoms with Gasteiger partial charge >= 0.3 is 12.0 Å². The fraction of sp³-hybridized carbons (Fsp3) is 0.867. The van der Waals surface area contributed by atoms with Crippen molar-refractivity contribution in [3.8, 4) is 0 Å². The van der Waals surface area contributed by atoms with E-state index in [-0.39, 0.29) is 12.6 Å². The standard InChI is InChI=1S/C15H30N2O4/c1-5-15(6-2,13(18)19)11-17-14(20)16-8-7-9-21-10-12(3)4/h12H,5-11H2,1-4H3,(H,18,19)(H2,16,17,20). The van der Waals surface area contributed by atoms with E-state index in [9.17, 15) is 14.7 Å². The summed E-state index contributed by atoms with van der Waals surface area (Å²) in [5, 5.41) is 14.6. The zero-order valence-corrected chi connectivity index (χ0v) is 13.7. The van der Waals surface area contributed by atoms with Crippen molar-refractivity contribution < 1.29 is 19.4 Å². The summed E-state index contributed by atoms with van der Waals surface area (Å²) in [7, 11) is 0.